The summed E-state index contributed by atoms with van der Waals surface area (Å²) in [7, 11) is 4.07. The molecule has 0 saturated carbocycles. The molecule has 3 rings (SSSR count). The van der Waals surface area contributed by atoms with Crippen molar-refractivity contribution in [1.82, 2.24) is 14.3 Å². The van der Waals surface area contributed by atoms with Crippen molar-refractivity contribution in [3.05, 3.63) is 65.6 Å². The van der Waals surface area contributed by atoms with E-state index in [0.717, 1.165) is 12.2 Å². The van der Waals surface area contributed by atoms with Gasteiger partial charge in [-0.25, -0.2) is 4.98 Å². The molecule has 1 atom stereocenters. The third kappa shape index (κ3) is 4.19. The molecule has 5 nitrogen and oxygen atoms in total. The standard InChI is InChI=1S/C22H27N3O2/c1-5-27-20-12-9-13-25-21(16(2)23-22(20)25)19(26)14-18(15-24(3)4)17-10-7-6-8-11-17/h6-13,18H,5,14-15H2,1-4H3/t18-/m0/s1. The van der Waals surface area contributed by atoms with Gasteiger partial charge in [0.05, 0.1) is 12.3 Å². The third-order valence-electron chi connectivity index (χ3n) is 4.64. The number of Topliss-reactive ketones (excluding diaryl/α,β-unsaturated/α-hetero) is 1. The number of carbonyl (C=O) groups excluding carboxylic acids is 1. The zero-order chi connectivity index (χ0) is 19.4. The second-order valence-corrected chi connectivity index (χ2v) is 7.04. The lowest BCUT2D eigenvalue weighted by atomic mass is 9.92. The Labute approximate surface area is 160 Å². The molecule has 1 aromatic carbocycles. The van der Waals surface area contributed by atoms with Gasteiger partial charge < -0.3 is 9.64 Å². The minimum Gasteiger partial charge on any atom is -0.490 e. The molecular formula is C22H27N3O2. The van der Waals surface area contributed by atoms with Crippen LogP contribution in [0.3, 0.4) is 0 Å². The number of nitrogens with zero attached hydrogens (tertiary/aromatic N) is 3. The van der Waals surface area contributed by atoms with E-state index in [-0.39, 0.29) is 11.7 Å². The summed E-state index contributed by atoms with van der Waals surface area (Å²) in [6, 6.07) is 14.0. The van der Waals surface area contributed by atoms with E-state index in [4.69, 9.17) is 4.74 Å². The molecule has 0 radical (unpaired) electrons. The van der Waals surface area contributed by atoms with Gasteiger partial charge in [-0.2, -0.15) is 0 Å². The predicted octanol–water partition coefficient (Wildman–Crippen LogP) is 3.96. The number of benzene rings is 1. The normalized spacial score (nSPS) is 12.5. The first kappa shape index (κ1) is 19.1. The number of aromatic nitrogens is 2. The molecule has 3 aromatic rings. The average Bonchev–Trinajstić information content (AvgIpc) is 2.99. The van der Waals surface area contributed by atoms with Gasteiger partial charge in [-0.3, -0.25) is 9.20 Å². The highest BCUT2D eigenvalue weighted by atomic mass is 16.5. The molecule has 0 fully saturated rings. The molecule has 0 aliphatic carbocycles. The lowest BCUT2D eigenvalue weighted by molar-refractivity contribution is 0.0963. The highest BCUT2D eigenvalue weighted by molar-refractivity contribution is 5.97. The van der Waals surface area contributed by atoms with Crippen molar-refractivity contribution in [2.75, 3.05) is 27.2 Å². The number of fused-ring (bicyclic) bond motifs is 1. The Balaban J connectivity index is 1.95. The van der Waals surface area contributed by atoms with Crippen molar-refractivity contribution in [2.24, 2.45) is 0 Å². The van der Waals surface area contributed by atoms with Gasteiger partial charge >= 0.3 is 0 Å². The van der Waals surface area contributed by atoms with E-state index in [1.807, 2.05) is 68.9 Å². The largest absolute Gasteiger partial charge is 0.490 e. The summed E-state index contributed by atoms with van der Waals surface area (Å²) in [6.07, 6.45) is 2.32. The Morgan fingerprint density at radius 1 is 1.19 bits per heavy atom. The topological polar surface area (TPSA) is 46.8 Å². The average molecular weight is 365 g/mol. The minimum absolute atomic E-state index is 0.101. The van der Waals surface area contributed by atoms with Crippen LogP contribution in [0.4, 0.5) is 0 Å². The van der Waals surface area contributed by atoms with Crippen molar-refractivity contribution < 1.29 is 9.53 Å². The molecule has 142 valence electrons. The number of imidazole rings is 1. The highest BCUT2D eigenvalue weighted by Gasteiger charge is 2.23. The van der Waals surface area contributed by atoms with Crippen LogP contribution >= 0.6 is 0 Å². The van der Waals surface area contributed by atoms with E-state index in [2.05, 4.69) is 22.0 Å². The molecule has 0 aliphatic heterocycles. The molecule has 0 aliphatic rings. The van der Waals surface area contributed by atoms with Crippen molar-refractivity contribution in [1.29, 1.82) is 0 Å². The van der Waals surface area contributed by atoms with Crippen LogP contribution in [0.2, 0.25) is 0 Å². The van der Waals surface area contributed by atoms with Crippen LogP contribution in [0.25, 0.3) is 5.65 Å². The molecule has 0 saturated heterocycles. The maximum atomic E-state index is 13.3. The van der Waals surface area contributed by atoms with Crippen LogP contribution in [0.1, 0.15) is 41.0 Å². The Morgan fingerprint density at radius 2 is 1.93 bits per heavy atom. The Bertz CT molecular complexity index is 916. The van der Waals surface area contributed by atoms with Crippen molar-refractivity contribution in [2.45, 2.75) is 26.2 Å². The number of likely N-dealkylation sites (N-methyl/N-ethyl adjacent to an activating group) is 1. The molecule has 27 heavy (non-hydrogen) atoms. The Hall–Kier alpha value is -2.66. The summed E-state index contributed by atoms with van der Waals surface area (Å²) in [6.45, 7) is 5.21. The fraction of sp³-hybridized carbons (Fsp3) is 0.364. The maximum absolute atomic E-state index is 13.3. The number of ketones is 1. The van der Waals surface area contributed by atoms with Gasteiger partial charge in [-0.05, 0) is 45.6 Å². The SMILES string of the molecule is CCOc1cccn2c(C(=O)C[C@@H](CN(C)C)c3ccccc3)c(C)nc12. The molecule has 5 heteroatoms. The van der Waals surface area contributed by atoms with Gasteiger partial charge in [-0.15, -0.1) is 0 Å². The van der Waals surface area contributed by atoms with Gasteiger partial charge in [0.15, 0.2) is 17.2 Å². The van der Waals surface area contributed by atoms with Crippen LogP contribution in [-0.2, 0) is 0 Å². The van der Waals surface area contributed by atoms with Crippen LogP contribution in [0.15, 0.2) is 48.7 Å². The zero-order valence-electron chi connectivity index (χ0n) is 16.5. The number of hydrogen-bond donors (Lipinski definition) is 0. The fourth-order valence-corrected chi connectivity index (χ4v) is 3.53. The van der Waals surface area contributed by atoms with Gasteiger partial charge in [0.1, 0.15) is 5.69 Å². The summed E-state index contributed by atoms with van der Waals surface area (Å²) in [5.41, 5.74) is 3.26. The molecule has 2 heterocycles. The molecule has 0 amide bonds. The number of rotatable bonds is 8. The second-order valence-electron chi connectivity index (χ2n) is 7.04. The number of aryl methyl sites for hydroxylation is 1. The van der Waals surface area contributed by atoms with Gasteiger partial charge in [-0.1, -0.05) is 30.3 Å². The number of pyridine rings is 1. The van der Waals surface area contributed by atoms with E-state index < -0.39 is 0 Å². The Morgan fingerprint density at radius 3 is 2.59 bits per heavy atom. The predicted molar refractivity (Wildman–Crippen MR) is 108 cm³/mol. The molecule has 2 aromatic heterocycles. The molecule has 0 bridgehead atoms. The molecular weight excluding hydrogens is 338 g/mol. The summed E-state index contributed by atoms with van der Waals surface area (Å²) >= 11 is 0. The van der Waals surface area contributed by atoms with Gasteiger partial charge in [0.2, 0.25) is 0 Å². The highest BCUT2D eigenvalue weighted by Crippen LogP contribution is 2.26. The van der Waals surface area contributed by atoms with Crippen LogP contribution < -0.4 is 4.74 Å². The zero-order valence-corrected chi connectivity index (χ0v) is 16.5. The van der Waals surface area contributed by atoms with E-state index >= 15 is 0 Å². The van der Waals surface area contributed by atoms with Gasteiger partial charge in [0, 0.05) is 25.1 Å². The first-order chi connectivity index (χ1) is 13.0. The van der Waals surface area contributed by atoms with Crippen molar-refractivity contribution >= 4 is 11.4 Å². The first-order valence-corrected chi connectivity index (χ1v) is 9.34. The number of carbonyl (C=O) groups is 1. The summed E-state index contributed by atoms with van der Waals surface area (Å²) in [4.78, 5) is 20.0. The maximum Gasteiger partial charge on any atom is 0.182 e. The number of hydrogen-bond acceptors (Lipinski definition) is 4. The monoisotopic (exact) mass is 365 g/mol. The van der Waals surface area contributed by atoms with Crippen molar-refractivity contribution in [3.8, 4) is 5.75 Å². The lowest BCUT2D eigenvalue weighted by Crippen LogP contribution is -2.23. The van der Waals surface area contributed by atoms with Gasteiger partial charge in [0.25, 0.3) is 0 Å². The van der Waals surface area contributed by atoms with E-state index in [9.17, 15) is 4.79 Å². The third-order valence-corrected chi connectivity index (χ3v) is 4.64. The van der Waals surface area contributed by atoms with E-state index in [1.165, 1.54) is 5.56 Å². The summed E-state index contributed by atoms with van der Waals surface area (Å²) < 4.78 is 7.53. The van der Waals surface area contributed by atoms with Crippen LogP contribution in [0.5, 0.6) is 5.75 Å². The fourth-order valence-electron chi connectivity index (χ4n) is 3.53. The summed E-state index contributed by atoms with van der Waals surface area (Å²) in [5, 5.41) is 0. The Kier molecular flexibility index (Phi) is 5.91. The quantitative estimate of drug-likeness (QED) is 0.567. The van der Waals surface area contributed by atoms with Crippen molar-refractivity contribution in [3.63, 3.8) is 0 Å². The summed E-state index contributed by atoms with van der Waals surface area (Å²) in [5.74, 6) is 0.938. The molecule has 0 unspecified atom stereocenters. The molecule has 0 spiro atoms. The lowest BCUT2D eigenvalue weighted by Gasteiger charge is -2.21. The van der Waals surface area contributed by atoms with E-state index in [1.54, 1.807) is 0 Å². The van der Waals surface area contributed by atoms with E-state index in [0.29, 0.717) is 30.1 Å². The smallest absolute Gasteiger partial charge is 0.182 e. The first-order valence-electron chi connectivity index (χ1n) is 9.34. The molecule has 0 N–H and O–H groups in total. The minimum atomic E-state index is 0.101. The second kappa shape index (κ2) is 8.35. The van der Waals surface area contributed by atoms with Crippen LogP contribution in [0, 0.1) is 6.92 Å². The number of ether oxygens (including phenoxy) is 1. The van der Waals surface area contributed by atoms with Crippen LogP contribution in [-0.4, -0.2) is 47.3 Å².